The van der Waals surface area contributed by atoms with Crippen molar-refractivity contribution in [3.05, 3.63) is 12.1 Å². The largest absolute Gasteiger partial charge is 0.493 e. The van der Waals surface area contributed by atoms with Crippen LogP contribution in [0.4, 0.5) is 11.8 Å². The molecule has 1 saturated heterocycles. The molecule has 1 aromatic carbocycles. The second-order valence-corrected chi connectivity index (χ2v) is 7.52. The first-order chi connectivity index (χ1) is 13.2. The van der Waals surface area contributed by atoms with E-state index < -0.39 is 0 Å². The van der Waals surface area contributed by atoms with Crippen LogP contribution in [0, 0.1) is 0 Å². The zero-order chi connectivity index (χ0) is 18.8. The van der Waals surface area contributed by atoms with Gasteiger partial charge in [0.05, 0.1) is 18.7 Å². The molecule has 0 unspecified atom stereocenters. The van der Waals surface area contributed by atoms with Crippen molar-refractivity contribution in [2.24, 2.45) is 0 Å². The number of fused-ring (bicyclic) bond motifs is 1. The van der Waals surface area contributed by atoms with Gasteiger partial charge in [-0.2, -0.15) is 4.98 Å². The van der Waals surface area contributed by atoms with Gasteiger partial charge in [-0.25, -0.2) is 4.98 Å². The van der Waals surface area contributed by atoms with Gasteiger partial charge in [0.25, 0.3) is 0 Å². The van der Waals surface area contributed by atoms with E-state index in [9.17, 15) is 0 Å². The first kappa shape index (κ1) is 18.1. The molecule has 146 valence electrons. The van der Waals surface area contributed by atoms with Gasteiger partial charge in [-0.15, -0.1) is 0 Å². The zero-order valence-corrected chi connectivity index (χ0v) is 16.5. The summed E-state index contributed by atoms with van der Waals surface area (Å²) in [6.07, 6.45) is 4.97. The highest BCUT2D eigenvalue weighted by molar-refractivity contribution is 5.93. The van der Waals surface area contributed by atoms with Crippen molar-refractivity contribution in [1.82, 2.24) is 15.3 Å². The van der Waals surface area contributed by atoms with Crippen LogP contribution in [0.15, 0.2) is 12.1 Å². The molecule has 0 amide bonds. The van der Waals surface area contributed by atoms with Crippen molar-refractivity contribution in [1.29, 1.82) is 0 Å². The van der Waals surface area contributed by atoms with Crippen LogP contribution in [0.5, 0.6) is 11.5 Å². The van der Waals surface area contributed by atoms with Crippen LogP contribution in [0.25, 0.3) is 10.9 Å². The van der Waals surface area contributed by atoms with Gasteiger partial charge in [0.15, 0.2) is 11.5 Å². The van der Waals surface area contributed by atoms with Crippen LogP contribution in [-0.2, 0) is 0 Å². The number of benzene rings is 1. The van der Waals surface area contributed by atoms with Crippen molar-refractivity contribution in [2.45, 2.75) is 31.8 Å². The number of rotatable bonds is 5. The summed E-state index contributed by atoms with van der Waals surface area (Å²) in [6, 6.07) is 4.06. The molecule has 27 heavy (non-hydrogen) atoms. The first-order valence-electron chi connectivity index (χ1n) is 9.85. The van der Waals surface area contributed by atoms with Gasteiger partial charge in [0.2, 0.25) is 5.95 Å². The molecule has 1 aliphatic carbocycles. The van der Waals surface area contributed by atoms with Gasteiger partial charge >= 0.3 is 0 Å². The summed E-state index contributed by atoms with van der Waals surface area (Å²) in [5.41, 5.74) is 0.899. The number of hydrogen-bond acceptors (Lipinski definition) is 7. The van der Waals surface area contributed by atoms with Crippen LogP contribution < -0.4 is 24.6 Å². The van der Waals surface area contributed by atoms with Crippen molar-refractivity contribution < 1.29 is 9.47 Å². The minimum atomic E-state index is 0.277. The summed E-state index contributed by atoms with van der Waals surface area (Å²) >= 11 is 0. The lowest BCUT2D eigenvalue weighted by Crippen LogP contribution is -2.44. The van der Waals surface area contributed by atoms with Gasteiger partial charge in [0.1, 0.15) is 5.82 Å². The number of hydrogen-bond donors (Lipinski definition) is 1. The minimum Gasteiger partial charge on any atom is -0.493 e. The molecule has 0 bridgehead atoms. The Labute approximate surface area is 160 Å². The van der Waals surface area contributed by atoms with Crippen molar-refractivity contribution in [3.8, 4) is 11.5 Å². The molecule has 7 heteroatoms. The molecule has 0 radical (unpaired) electrons. The van der Waals surface area contributed by atoms with E-state index in [1.807, 2.05) is 31.1 Å². The minimum absolute atomic E-state index is 0.277. The summed E-state index contributed by atoms with van der Waals surface area (Å²) in [4.78, 5) is 13.9. The Hall–Kier alpha value is -2.28. The monoisotopic (exact) mass is 371 g/mol. The molecule has 2 aromatic rings. The third-order valence-corrected chi connectivity index (χ3v) is 5.36. The lowest BCUT2D eigenvalue weighted by Gasteiger charge is -2.30. The number of nitrogens with zero attached hydrogens (tertiary/aromatic N) is 4. The molecule has 2 heterocycles. The Bertz CT molecular complexity index is 799. The molecule has 2 fully saturated rings. The molecular weight excluding hydrogens is 342 g/mol. The van der Waals surface area contributed by atoms with E-state index >= 15 is 0 Å². The second kappa shape index (κ2) is 7.76. The predicted octanol–water partition coefficient (Wildman–Crippen LogP) is 2.44. The highest BCUT2D eigenvalue weighted by Gasteiger charge is 2.22. The normalized spacial score (nSPS) is 18.1. The Kier molecular flexibility index (Phi) is 5.20. The second-order valence-electron chi connectivity index (χ2n) is 7.52. The predicted molar refractivity (Wildman–Crippen MR) is 108 cm³/mol. The van der Waals surface area contributed by atoms with Crippen molar-refractivity contribution >= 4 is 22.7 Å². The number of methoxy groups -OCH3 is 1. The molecule has 4 rings (SSSR count). The molecule has 2 aliphatic rings. The molecule has 7 nitrogen and oxygen atoms in total. The summed E-state index contributed by atoms with van der Waals surface area (Å²) < 4.78 is 11.9. The maximum absolute atomic E-state index is 6.27. The fraction of sp³-hybridized carbons (Fsp3) is 0.600. The van der Waals surface area contributed by atoms with Crippen LogP contribution in [0.2, 0.25) is 0 Å². The fourth-order valence-electron chi connectivity index (χ4n) is 3.86. The number of ether oxygens (including phenoxy) is 2. The Morgan fingerprint density at radius 2 is 1.81 bits per heavy atom. The molecule has 0 atom stereocenters. The van der Waals surface area contributed by atoms with E-state index in [2.05, 4.69) is 10.2 Å². The third-order valence-electron chi connectivity index (χ3n) is 5.36. The van der Waals surface area contributed by atoms with Crippen molar-refractivity contribution in [3.63, 3.8) is 0 Å². The van der Waals surface area contributed by atoms with E-state index in [0.717, 1.165) is 67.2 Å². The smallest absolute Gasteiger partial charge is 0.227 e. The molecule has 1 saturated carbocycles. The van der Waals surface area contributed by atoms with Crippen LogP contribution in [0.1, 0.15) is 25.7 Å². The number of piperazine rings is 1. The maximum atomic E-state index is 6.27. The van der Waals surface area contributed by atoms with E-state index in [4.69, 9.17) is 19.4 Å². The van der Waals surface area contributed by atoms with Gasteiger partial charge in [-0.1, -0.05) is 0 Å². The quantitative estimate of drug-likeness (QED) is 0.866. The zero-order valence-electron chi connectivity index (χ0n) is 16.5. The summed E-state index contributed by atoms with van der Waals surface area (Å²) in [5, 5.41) is 4.41. The molecule has 1 aliphatic heterocycles. The summed E-state index contributed by atoms with van der Waals surface area (Å²) in [7, 11) is 5.65. The summed E-state index contributed by atoms with van der Waals surface area (Å²) in [6.45, 7) is 3.79. The average Bonchev–Trinajstić information content (AvgIpc) is 3.20. The van der Waals surface area contributed by atoms with Gasteiger partial charge in [-0.05, 0) is 31.7 Å². The number of aromatic nitrogens is 2. The molecular formula is C20H29N5O2. The maximum Gasteiger partial charge on any atom is 0.227 e. The molecule has 1 N–H and O–H groups in total. The first-order valence-corrected chi connectivity index (χ1v) is 9.85. The van der Waals surface area contributed by atoms with Gasteiger partial charge in [0, 0.05) is 51.7 Å². The van der Waals surface area contributed by atoms with Crippen LogP contribution in [-0.4, -0.2) is 63.5 Å². The van der Waals surface area contributed by atoms with E-state index in [1.54, 1.807) is 7.11 Å². The number of anilines is 2. The fourth-order valence-corrected chi connectivity index (χ4v) is 3.86. The van der Waals surface area contributed by atoms with E-state index in [1.165, 1.54) is 12.8 Å². The lowest BCUT2D eigenvalue weighted by molar-refractivity contribution is 0.201. The Morgan fingerprint density at radius 3 is 2.48 bits per heavy atom. The van der Waals surface area contributed by atoms with Crippen molar-refractivity contribution in [2.75, 3.05) is 57.2 Å². The SMILES string of the molecule is COc1cc2c(N3CCNCC3)nc(N(C)C)nc2cc1OC1CCCC1. The summed E-state index contributed by atoms with van der Waals surface area (Å²) in [5.74, 6) is 3.22. The molecule has 1 aromatic heterocycles. The highest BCUT2D eigenvalue weighted by atomic mass is 16.5. The van der Waals surface area contributed by atoms with E-state index in [0.29, 0.717) is 5.95 Å². The van der Waals surface area contributed by atoms with Gasteiger partial charge < -0.3 is 24.6 Å². The standard InChI is InChI=1S/C20H29N5O2/c1-24(2)20-22-16-13-18(27-14-6-4-5-7-14)17(26-3)12-15(16)19(23-20)25-10-8-21-9-11-25/h12-14,21H,4-11H2,1-3H3. The van der Waals surface area contributed by atoms with E-state index in [-0.39, 0.29) is 6.10 Å². The Morgan fingerprint density at radius 1 is 1.07 bits per heavy atom. The van der Waals surface area contributed by atoms with Gasteiger partial charge in [-0.3, -0.25) is 0 Å². The number of nitrogens with one attached hydrogen (secondary N) is 1. The Balaban J connectivity index is 1.80. The topological polar surface area (TPSA) is 62.8 Å². The average molecular weight is 371 g/mol. The third kappa shape index (κ3) is 3.74. The lowest BCUT2D eigenvalue weighted by atomic mass is 10.1. The van der Waals surface area contributed by atoms with Crippen LogP contribution in [0.3, 0.4) is 0 Å². The van der Waals surface area contributed by atoms with Crippen LogP contribution >= 0.6 is 0 Å². The highest BCUT2D eigenvalue weighted by Crippen LogP contribution is 2.38. The molecule has 0 spiro atoms.